The van der Waals surface area contributed by atoms with Gasteiger partial charge in [0, 0.05) is 30.8 Å². The average Bonchev–Trinajstić information content (AvgIpc) is 2.73. The summed E-state index contributed by atoms with van der Waals surface area (Å²) in [5.41, 5.74) is 1.34. The summed E-state index contributed by atoms with van der Waals surface area (Å²) in [5, 5.41) is 4.62. The molecule has 0 unspecified atom stereocenters. The van der Waals surface area contributed by atoms with Gasteiger partial charge in [-0.05, 0) is 31.0 Å². The smallest absolute Gasteiger partial charge is 0.322 e. The van der Waals surface area contributed by atoms with Crippen molar-refractivity contribution in [1.29, 1.82) is 0 Å². The number of urea groups is 1. The molecule has 1 atom stereocenters. The van der Waals surface area contributed by atoms with Crippen LogP contribution in [0.4, 0.5) is 9.18 Å². The first kappa shape index (κ1) is 19.0. The second kappa shape index (κ2) is 7.94. The molecule has 2 N–H and O–H groups in total. The molecule has 2 saturated heterocycles. The van der Waals surface area contributed by atoms with Crippen molar-refractivity contribution in [2.75, 3.05) is 13.1 Å². The third kappa shape index (κ3) is 4.23. The summed E-state index contributed by atoms with van der Waals surface area (Å²) in [5.74, 6) is -0.274. The number of nitrogens with zero attached hydrogens (tertiary/aromatic N) is 3. The highest BCUT2D eigenvalue weighted by molar-refractivity contribution is 6.02. The first-order valence-electron chi connectivity index (χ1n) is 9.47. The Morgan fingerprint density at radius 1 is 1.17 bits per heavy atom. The fraction of sp³-hybridized carbons (Fsp3) is 0.350. The standard InChI is InChI=1S/C20H20FN5O3/c21-14-3-1-2-13(10-14)15-4-7-22-18(23-15)12-5-8-26(9-6-12)19(28)16-11-17(27)25-20(29)24-16/h1-4,7,10,12,16H,5-6,8-9,11H2,(H2,24,25,27,29)/t16-/m0/s1. The molecule has 1 aromatic carbocycles. The van der Waals surface area contributed by atoms with Gasteiger partial charge in [-0.3, -0.25) is 14.9 Å². The molecule has 2 aliphatic rings. The number of carbonyl (C=O) groups excluding carboxylic acids is 3. The van der Waals surface area contributed by atoms with Crippen LogP contribution in [0.2, 0.25) is 0 Å². The lowest BCUT2D eigenvalue weighted by Gasteiger charge is -2.34. The molecular weight excluding hydrogens is 377 g/mol. The van der Waals surface area contributed by atoms with Crippen LogP contribution in [-0.4, -0.2) is 51.8 Å². The largest absolute Gasteiger partial charge is 0.341 e. The lowest BCUT2D eigenvalue weighted by Crippen LogP contribution is -2.58. The molecule has 3 heterocycles. The fourth-order valence-electron chi connectivity index (χ4n) is 3.71. The third-order valence-corrected chi connectivity index (χ3v) is 5.21. The van der Waals surface area contributed by atoms with Crippen LogP contribution in [0.1, 0.15) is 31.0 Å². The minimum atomic E-state index is -0.819. The second-order valence-corrected chi connectivity index (χ2v) is 7.19. The summed E-state index contributed by atoms with van der Waals surface area (Å²) < 4.78 is 13.5. The van der Waals surface area contributed by atoms with E-state index in [0.29, 0.717) is 43.0 Å². The zero-order chi connectivity index (χ0) is 20.4. The van der Waals surface area contributed by atoms with E-state index < -0.39 is 18.0 Å². The Labute approximate surface area is 166 Å². The van der Waals surface area contributed by atoms with Crippen LogP contribution in [0.3, 0.4) is 0 Å². The van der Waals surface area contributed by atoms with Gasteiger partial charge >= 0.3 is 6.03 Å². The molecule has 150 valence electrons. The molecule has 4 rings (SSSR count). The van der Waals surface area contributed by atoms with E-state index in [-0.39, 0.29) is 24.1 Å². The van der Waals surface area contributed by atoms with Crippen molar-refractivity contribution >= 4 is 17.8 Å². The number of carbonyl (C=O) groups is 3. The monoisotopic (exact) mass is 397 g/mol. The van der Waals surface area contributed by atoms with Crippen LogP contribution in [-0.2, 0) is 9.59 Å². The minimum absolute atomic E-state index is 0.0523. The maximum absolute atomic E-state index is 13.5. The highest BCUT2D eigenvalue weighted by atomic mass is 19.1. The van der Waals surface area contributed by atoms with Crippen molar-refractivity contribution in [1.82, 2.24) is 25.5 Å². The Balaban J connectivity index is 1.41. The number of likely N-dealkylation sites (tertiary alicyclic amines) is 1. The van der Waals surface area contributed by atoms with Crippen molar-refractivity contribution in [3.8, 4) is 11.3 Å². The van der Waals surface area contributed by atoms with Gasteiger partial charge in [0.1, 0.15) is 17.7 Å². The summed E-state index contributed by atoms with van der Waals surface area (Å²) in [4.78, 5) is 46.2. The van der Waals surface area contributed by atoms with Gasteiger partial charge in [-0.2, -0.15) is 0 Å². The normalized spacial score (nSPS) is 20.2. The van der Waals surface area contributed by atoms with Crippen LogP contribution >= 0.6 is 0 Å². The van der Waals surface area contributed by atoms with Crippen LogP contribution < -0.4 is 10.6 Å². The number of aromatic nitrogens is 2. The molecule has 0 aliphatic carbocycles. The number of benzene rings is 1. The summed E-state index contributed by atoms with van der Waals surface area (Å²) in [6.07, 6.45) is 2.95. The molecule has 8 nitrogen and oxygen atoms in total. The molecule has 0 saturated carbocycles. The molecule has 2 aromatic rings. The number of hydrogen-bond donors (Lipinski definition) is 2. The minimum Gasteiger partial charge on any atom is -0.341 e. The van der Waals surface area contributed by atoms with Crippen molar-refractivity contribution < 1.29 is 18.8 Å². The number of halogens is 1. The van der Waals surface area contributed by atoms with Crippen molar-refractivity contribution in [3.05, 3.63) is 48.2 Å². The highest BCUT2D eigenvalue weighted by Crippen LogP contribution is 2.28. The quantitative estimate of drug-likeness (QED) is 0.819. The van der Waals surface area contributed by atoms with E-state index in [9.17, 15) is 18.8 Å². The van der Waals surface area contributed by atoms with Gasteiger partial charge in [-0.15, -0.1) is 0 Å². The summed E-state index contributed by atoms with van der Waals surface area (Å²) >= 11 is 0. The molecule has 0 bridgehead atoms. The Hall–Kier alpha value is -3.36. The van der Waals surface area contributed by atoms with Gasteiger partial charge in [0.2, 0.25) is 11.8 Å². The van der Waals surface area contributed by atoms with Gasteiger partial charge in [0.25, 0.3) is 0 Å². The number of nitrogens with one attached hydrogen (secondary N) is 2. The average molecular weight is 397 g/mol. The van der Waals surface area contributed by atoms with Gasteiger partial charge in [0.15, 0.2) is 0 Å². The maximum Gasteiger partial charge on any atom is 0.322 e. The number of piperidine rings is 1. The highest BCUT2D eigenvalue weighted by Gasteiger charge is 2.34. The number of hydrogen-bond acceptors (Lipinski definition) is 5. The number of amides is 4. The zero-order valence-corrected chi connectivity index (χ0v) is 15.6. The topological polar surface area (TPSA) is 104 Å². The van der Waals surface area contributed by atoms with Crippen LogP contribution in [0.5, 0.6) is 0 Å². The van der Waals surface area contributed by atoms with Crippen LogP contribution in [0.15, 0.2) is 36.5 Å². The molecule has 1 aromatic heterocycles. The molecule has 0 radical (unpaired) electrons. The first-order valence-corrected chi connectivity index (χ1v) is 9.47. The molecule has 0 spiro atoms. The SMILES string of the molecule is O=C1C[C@@H](C(=O)N2CCC(c3nccc(-c4cccc(F)c4)n3)CC2)NC(=O)N1. The van der Waals surface area contributed by atoms with Gasteiger partial charge in [-0.25, -0.2) is 19.2 Å². The number of imide groups is 1. The Morgan fingerprint density at radius 3 is 2.69 bits per heavy atom. The van der Waals surface area contributed by atoms with Gasteiger partial charge in [0.05, 0.1) is 12.1 Å². The van der Waals surface area contributed by atoms with Crippen molar-refractivity contribution in [3.63, 3.8) is 0 Å². The van der Waals surface area contributed by atoms with E-state index in [1.807, 2.05) is 0 Å². The number of rotatable bonds is 3. The molecular formula is C20H20FN5O3. The lowest BCUT2D eigenvalue weighted by atomic mass is 9.95. The van der Waals surface area contributed by atoms with Crippen molar-refractivity contribution in [2.24, 2.45) is 0 Å². The first-order chi connectivity index (χ1) is 14.0. The summed E-state index contributed by atoms with van der Waals surface area (Å²) in [7, 11) is 0. The predicted octanol–water partition coefficient (Wildman–Crippen LogP) is 1.59. The Morgan fingerprint density at radius 2 is 1.97 bits per heavy atom. The molecule has 2 fully saturated rings. The van der Waals surface area contributed by atoms with Crippen LogP contribution in [0, 0.1) is 5.82 Å². The molecule has 29 heavy (non-hydrogen) atoms. The maximum atomic E-state index is 13.5. The Kier molecular flexibility index (Phi) is 5.20. The van der Waals surface area contributed by atoms with E-state index in [1.165, 1.54) is 12.1 Å². The third-order valence-electron chi connectivity index (χ3n) is 5.21. The summed E-state index contributed by atoms with van der Waals surface area (Å²) in [6.45, 7) is 0.982. The molecule has 9 heteroatoms. The van der Waals surface area contributed by atoms with Gasteiger partial charge < -0.3 is 10.2 Å². The van der Waals surface area contributed by atoms with E-state index in [0.717, 1.165) is 0 Å². The predicted molar refractivity (Wildman–Crippen MR) is 101 cm³/mol. The second-order valence-electron chi connectivity index (χ2n) is 7.19. The van der Waals surface area contributed by atoms with E-state index in [1.54, 1.807) is 29.3 Å². The van der Waals surface area contributed by atoms with E-state index >= 15 is 0 Å². The fourth-order valence-corrected chi connectivity index (χ4v) is 3.71. The Bertz CT molecular complexity index is 943. The van der Waals surface area contributed by atoms with Crippen molar-refractivity contribution in [2.45, 2.75) is 31.2 Å². The summed E-state index contributed by atoms with van der Waals surface area (Å²) in [6, 6.07) is 6.54. The lowest BCUT2D eigenvalue weighted by molar-refractivity contribution is -0.137. The van der Waals surface area contributed by atoms with E-state index in [2.05, 4.69) is 20.6 Å². The van der Waals surface area contributed by atoms with Gasteiger partial charge in [-0.1, -0.05) is 12.1 Å². The van der Waals surface area contributed by atoms with Crippen LogP contribution in [0.25, 0.3) is 11.3 Å². The zero-order valence-electron chi connectivity index (χ0n) is 15.6. The molecule has 2 aliphatic heterocycles. The molecule has 4 amide bonds. The van der Waals surface area contributed by atoms with E-state index in [4.69, 9.17) is 0 Å².